The Kier molecular flexibility index (Phi) is 11.3. The maximum absolute atomic E-state index is 14.0. The molecule has 3 amide bonds. The molecule has 39 heavy (non-hydrogen) atoms. The highest BCUT2D eigenvalue weighted by Crippen LogP contribution is 2.27. The third-order valence-corrected chi connectivity index (χ3v) is 6.08. The Labute approximate surface area is 231 Å². The number of nitrogens with zero attached hydrogens (tertiary/aromatic N) is 1. The number of nitrogens with one attached hydrogen (secondary N) is 2. The highest BCUT2D eigenvalue weighted by Gasteiger charge is 2.36. The predicted molar refractivity (Wildman–Crippen MR) is 152 cm³/mol. The zero-order chi connectivity index (χ0) is 29.3. The first-order chi connectivity index (χ1) is 18.2. The van der Waals surface area contributed by atoms with Gasteiger partial charge < -0.3 is 30.1 Å². The summed E-state index contributed by atoms with van der Waals surface area (Å²) in [6, 6.07) is 10.4. The van der Waals surface area contributed by atoms with Gasteiger partial charge in [0.25, 0.3) is 5.91 Å². The van der Waals surface area contributed by atoms with Crippen molar-refractivity contribution in [3.8, 4) is 5.75 Å². The van der Waals surface area contributed by atoms with Crippen molar-refractivity contribution in [2.45, 2.75) is 72.6 Å². The average molecular weight is 542 g/mol. The van der Waals surface area contributed by atoms with E-state index < -0.39 is 35.6 Å². The molecule has 2 aromatic rings. The van der Waals surface area contributed by atoms with E-state index in [-0.39, 0.29) is 19.1 Å². The molecule has 9 nitrogen and oxygen atoms in total. The fourth-order valence-electron chi connectivity index (χ4n) is 4.11. The van der Waals surface area contributed by atoms with Crippen LogP contribution >= 0.6 is 0 Å². The summed E-state index contributed by atoms with van der Waals surface area (Å²) in [7, 11) is 1.56. The van der Waals surface area contributed by atoms with Crippen LogP contribution in [0, 0.1) is 19.8 Å². The lowest BCUT2D eigenvalue weighted by molar-refractivity contribution is -0.141. The van der Waals surface area contributed by atoms with E-state index in [1.807, 2.05) is 39.8 Å². The standard InChI is InChI=1S/C30H43N3O6/c1-19(2)17-25(32-29(37)39-30(5,6)7)28(36)33(15-16-34)26(22-10-9-20(3)21(4)18-22)27(35)31-23-11-13-24(38-8)14-12-23/h9-14,18-19,25-26,34H,15-17H2,1-8H3,(H,31,35)(H,32,37). The fourth-order valence-corrected chi connectivity index (χ4v) is 4.11. The maximum atomic E-state index is 14.0. The smallest absolute Gasteiger partial charge is 0.408 e. The summed E-state index contributed by atoms with van der Waals surface area (Å²) in [5.41, 5.74) is 2.36. The number of ether oxygens (including phenoxy) is 2. The van der Waals surface area contributed by atoms with Crippen molar-refractivity contribution >= 4 is 23.6 Å². The first kappa shape index (κ1) is 31.6. The van der Waals surface area contributed by atoms with Crippen LogP contribution in [0.3, 0.4) is 0 Å². The molecule has 0 saturated carbocycles. The van der Waals surface area contributed by atoms with Gasteiger partial charge in [0.2, 0.25) is 5.91 Å². The topological polar surface area (TPSA) is 117 Å². The number of methoxy groups -OCH3 is 1. The number of alkyl carbamates (subject to hydrolysis) is 1. The minimum Gasteiger partial charge on any atom is -0.497 e. The van der Waals surface area contributed by atoms with Crippen LogP contribution in [0.4, 0.5) is 10.5 Å². The highest BCUT2D eigenvalue weighted by atomic mass is 16.6. The molecule has 0 bridgehead atoms. The summed E-state index contributed by atoms with van der Waals surface area (Å²) in [6.45, 7) is 12.5. The van der Waals surface area contributed by atoms with Crippen LogP contribution < -0.4 is 15.4 Å². The molecule has 0 aromatic heterocycles. The Morgan fingerprint density at radius 1 is 1.00 bits per heavy atom. The first-order valence-electron chi connectivity index (χ1n) is 13.2. The molecule has 0 spiro atoms. The summed E-state index contributed by atoms with van der Waals surface area (Å²) in [4.78, 5) is 41.8. The molecule has 0 aliphatic rings. The van der Waals surface area contributed by atoms with Crippen molar-refractivity contribution in [3.05, 3.63) is 59.2 Å². The van der Waals surface area contributed by atoms with Gasteiger partial charge in [-0.25, -0.2) is 4.79 Å². The van der Waals surface area contributed by atoms with Crippen LogP contribution in [0.1, 0.15) is 63.8 Å². The van der Waals surface area contributed by atoms with Crippen LogP contribution in [0.15, 0.2) is 42.5 Å². The summed E-state index contributed by atoms with van der Waals surface area (Å²) >= 11 is 0. The molecule has 0 fully saturated rings. The third-order valence-electron chi connectivity index (χ3n) is 6.08. The van der Waals surface area contributed by atoms with Crippen LogP contribution in [0.25, 0.3) is 0 Å². The summed E-state index contributed by atoms with van der Waals surface area (Å²) in [6.07, 6.45) is -0.407. The van der Waals surface area contributed by atoms with Gasteiger partial charge in [-0.15, -0.1) is 0 Å². The van der Waals surface area contributed by atoms with Gasteiger partial charge in [0.05, 0.1) is 13.7 Å². The van der Waals surface area contributed by atoms with E-state index in [2.05, 4.69) is 10.6 Å². The Morgan fingerprint density at radius 3 is 2.15 bits per heavy atom. The van der Waals surface area contributed by atoms with E-state index in [0.717, 1.165) is 11.1 Å². The highest BCUT2D eigenvalue weighted by molar-refractivity contribution is 5.99. The number of aliphatic hydroxyl groups is 1. The molecular weight excluding hydrogens is 498 g/mol. The second kappa shape index (κ2) is 14.0. The van der Waals surface area contributed by atoms with E-state index in [1.54, 1.807) is 58.2 Å². The number of benzene rings is 2. The molecule has 0 aliphatic heterocycles. The van der Waals surface area contributed by atoms with Crippen molar-refractivity contribution in [2.75, 3.05) is 25.6 Å². The lowest BCUT2D eigenvalue weighted by Gasteiger charge is -2.34. The van der Waals surface area contributed by atoms with Crippen LogP contribution in [-0.4, -0.2) is 59.8 Å². The minimum absolute atomic E-state index is 0.0538. The molecular formula is C30H43N3O6. The number of carbonyl (C=O) groups excluding carboxylic acids is 3. The first-order valence-corrected chi connectivity index (χ1v) is 13.2. The van der Waals surface area contributed by atoms with Gasteiger partial charge in [0.1, 0.15) is 23.4 Å². The van der Waals surface area contributed by atoms with E-state index >= 15 is 0 Å². The summed E-state index contributed by atoms with van der Waals surface area (Å²) < 4.78 is 10.6. The van der Waals surface area contributed by atoms with Crippen molar-refractivity contribution in [3.63, 3.8) is 0 Å². The number of anilines is 1. The van der Waals surface area contributed by atoms with E-state index in [0.29, 0.717) is 23.4 Å². The Morgan fingerprint density at radius 2 is 1.64 bits per heavy atom. The average Bonchev–Trinajstić information content (AvgIpc) is 2.84. The number of carbonyl (C=O) groups is 3. The maximum Gasteiger partial charge on any atom is 0.408 e. The van der Waals surface area contributed by atoms with Gasteiger partial charge in [0.15, 0.2) is 0 Å². The number of hydrogen-bond acceptors (Lipinski definition) is 6. The molecule has 0 radical (unpaired) electrons. The van der Waals surface area contributed by atoms with E-state index in [4.69, 9.17) is 9.47 Å². The molecule has 2 rings (SSSR count). The van der Waals surface area contributed by atoms with Crippen molar-refractivity contribution < 1.29 is 29.0 Å². The molecule has 214 valence electrons. The van der Waals surface area contributed by atoms with Gasteiger partial charge >= 0.3 is 6.09 Å². The van der Waals surface area contributed by atoms with E-state index in [9.17, 15) is 19.5 Å². The number of aliphatic hydroxyl groups excluding tert-OH is 1. The number of rotatable bonds is 11. The molecule has 0 heterocycles. The van der Waals surface area contributed by atoms with Gasteiger partial charge in [-0.1, -0.05) is 32.0 Å². The fraction of sp³-hybridized carbons (Fsp3) is 0.500. The molecule has 2 aromatic carbocycles. The zero-order valence-electron chi connectivity index (χ0n) is 24.3. The second-order valence-corrected chi connectivity index (χ2v) is 11.0. The summed E-state index contributed by atoms with van der Waals surface area (Å²) in [5, 5.41) is 15.5. The van der Waals surface area contributed by atoms with Crippen LogP contribution in [-0.2, 0) is 14.3 Å². The number of amides is 3. The lowest BCUT2D eigenvalue weighted by atomic mass is 9.97. The third kappa shape index (κ3) is 9.58. The zero-order valence-corrected chi connectivity index (χ0v) is 24.3. The minimum atomic E-state index is -1.07. The van der Waals surface area contributed by atoms with Gasteiger partial charge in [-0.3, -0.25) is 9.59 Å². The largest absolute Gasteiger partial charge is 0.497 e. The molecule has 2 atom stereocenters. The molecule has 0 aliphatic carbocycles. The van der Waals surface area contributed by atoms with Crippen LogP contribution in [0.5, 0.6) is 5.75 Å². The van der Waals surface area contributed by atoms with E-state index in [1.165, 1.54) is 4.90 Å². The van der Waals surface area contributed by atoms with Gasteiger partial charge in [-0.2, -0.15) is 0 Å². The molecule has 2 unspecified atom stereocenters. The van der Waals surface area contributed by atoms with Gasteiger partial charge in [0, 0.05) is 12.2 Å². The normalized spacial score (nSPS) is 12.9. The molecule has 3 N–H and O–H groups in total. The lowest BCUT2D eigenvalue weighted by Crippen LogP contribution is -2.53. The predicted octanol–water partition coefficient (Wildman–Crippen LogP) is 4.75. The molecule has 0 saturated heterocycles. The van der Waals surface area contributed by atoms with Crippen molar-refractivity contribution in [2.24, 2.45) is 5.92 Å². The molecule has 9 heteroatoms. The number of hydrogen-bond donors (Lipinski definition) is 3. The quantitative estimate of drug-likeness (QED) is 0.378. The Bertz CT molecular complexity index is 1120. The SMILES string of the molecule is COc1ccc(NC(=O)C(c2ccc(C)c(C)c2)N(CCO)C(=O)C(CC(C)C)NC(=O)OC(C)(C)C)cc1. The second-order valence-electron chi connectivity index (χ2n) is 11.0. The Hall–Kier alpha value is -3.59. The number of aryl methyl sites for hydroxylation is 2. The Balaban J connectivity index is 2.51. The van der Waals surface area contributed by atoms with Crippen molar-refractivity contribution in [1.29, 1.82) is 0 Å². The van der Waals surface area contributed by atoms with Gasteiger partial charge in [-0.05, 0) is 87.9 Å². The summed E-state index contributed by atoms with van der Waals surface area (Å²) in [5.74, 6) is -0.249. The monoisotopic (exact) mass is 541 g/mol. The van der Waals surface area contributed by atoms with Crippen molar-refractivity contribution in [1.82, 2.24) is 10.2 Å². The van der Waals surface area contributed by atoms with Crippen LogP contribution in [0.2, 0.25) is 0 Å².